The van der Waals surface area contributed by atoms with Crippen LogP contribution < -0.4 is 9.47 Å². The van der Waals surface area contributed by atoms with E-state index in [9.17, 15) is 4.79 Å². The second-order valence-corrected chi connectivity index (χ2v) is 8.42. The van der Waals surface area contributed by atoms with Crippen LogP contribution in [0.2, 0.25) is 0 Å². The lowest BCUT2D eigenvalue weighted by Crippen LogP contribution is -1.99. The molecule has 0 aliphatic rings. The van der Waals surface area contributed by atoms with E-state index in [0.29, 0.717) is 11.3 Å². The summed E-state index contributed by atoms with van der Waals surface area (Å²) in [5, 5.41) is 4.08. The van der Waals surface area contributed by atoms with Crippen LogP contribution in [-0.4, -0.2) is 20.0 Å². The molecule has 0 fully saturated rings. The SMILES string of the molecule is COc1ccc(-c2cccs2)cc1C=CC(=O)c1ccc(-c2cccs2)cc1OC. The van der Waals surface area contributed by atoms with E-state index in [1.165, 1.54) is 4.88 Å². The van der Waals surface area contributed by atoms with Crippen LogP contribution in [0.15, 0.2) is 77.5 Å². The van der Waals surface area contributed by atoms with Crippen LogP contribution in [0.1, 0.15) is 15.9 Å². The van der Waals surface area contributed by atoms with Crippen molar-refractivity contribution in [3.05, 3.63) is 88.6 Å². The van der Waals surface area contributed by atoms with Crippen LogP contribution in [0.5, 0.6) is 11.5 Å². The van der Waals surface area contributed by atoms with Gasteiger partial charge in [-0.15, -0.1) is 22.7 Å². The average Bonchev–Trinajstić information content (AvgIpc) is 3.51. The minimum atomic E-state index is -0.117. The first-order chi connectivity index (χ1) is 14.7. The summed E-state index contributed by atoms with van der Waals surface area (Å²) in [6.07, 6.45) is 3.36. The Morgan fingerprint density at radius 3 is 2.03 bits per heavy atom. The maximum absolute atomic E-state index is 12.9. The molecule has 0 radical (unpaired) electrons. The van der Waals surface area contributed by atoms with Crippen molar-refractivity contribution in [1.29, 1.82) is 0 Å². The number of carbonyl (C=O) groups is 1. The number of hydrogen-bond acceptors (Lipinski definition) is 5. The van der Waals surface area contributed by atoms with Gasteiger partial charge in [0, 0.05) is 15.3 Å². The van der Waals surface area contributed by atoms with Crippen LogP contribution in [0.3, 0.4) is 0 Å². The zero-order valence-corrected chi connectivity index (χ0v) is 18.3. The number of ketones is 1. The van der Waals surface area contributed by atoms with Gasteiger partial charge in [-0.25, -0.2) is 0 Å². The second-order valence-electron chi connectivity index (χ2n) is 6.52. The Bertz CT molecular complexity index is 1170. The highest BCUT2D eigenvalue weighted by molar-refractivity contribution is 7.13. The Balaban J connectivity index is 1.63. The predicted molar refractivity (Wildman–Crippen MR) is 126 cm³/mol. The van der Waals surface area contributed by atoms with Crippen molar-refractivity contribution in [2.45, 2.75) is 0 Å². The molecule has 0 aliphatic carbocycles. The number of benzene rings is 2. The van der Waals surface area contributed by atoms with Gasteiger partial charge >= 0.3 is 0 Å². The summed E-state index contributed by atoms with van der Waals surface area (Å²) in [5.41, 5.74) is 3.51. The van der Waals surface area contributed by atoms with Gasteiger partial charge in [0.05, 0.1) is 19.8 Å². The number of rotatable bonds is 7. The average molecular weight is 433 g/mol. The molecular weight excluding hydrogens is 412 g/mol. The number of thiophene rings is 2. The highest BCUT2D eigenvalue weighted by Gasteiger charge is 2.12. The van der Waals surface area contributed by atoms with E-state index in [1.807, 2.05) is 65.4 Å². The summed E-state index contributed by atoms with van der Waals surface area (Å²) >= 11 is 3.33. The van der Waals surface area contributed by atoms with E-state index in [4.69, 9.17) is 9.47 Å². The largest absolute Gasteiger partial charge is 0.496 e. The topological polar surface area (TPSA) is 35.5 Å². The molecule has 30 heavy (non-hydrogen) atoms. The Morgan fingerprint density at radius 1 is 0.800 bits per heavy atom. The summed E-state index contributed by atoms with van der Waals surface area (Å²) in [4.78, 5) is 15.2. The molecule has 0 atom stereocenters. The first kappa shape index (κ1) is 20.1. The van der Waals surface area contributed by atoms with Gasteiger partial charge in [-0.2, -0.15) is 0 Å². The summed E-state index contributed by atoms with van der Waals surface area (Å²) in [6.45, 7) is 0. The lowest BCUT2D eigenvalue weighted by Gasteiger charge is -2.09. The lowest BCUT2D eigenvalue weighted by molar-refractivity contribution is 0.104. The van der Waals surface area contributed by atoms with E-state index in [1.54, 1.807) is 49.0 Å². The summed E-state index contributed by atoms with van der Waals surface area (Å²) in [7, 11) is 3.22. The summed E-state index contributed by atoms with van der Waals surface area (Å²) < 4.78 is 11.0. The minimum Gasteiger partial charge on any atom is -0.496 e. The Morgan fingerprint density at radius 2 is 1.43 bits per heavy atom. The first-order valence-electron chi connectivity index (χ1n) is 9.36. The van der Waals surface area contributed by atoms with Gasteiger partial charge in [0.1, 0.15) is 11.5 Å². The fraction of sp³-hybridized carbons (Fsp3) is 0.0800. The van der Waals surface area contributed by atoms with E-state index < -0.39 is 0 Å². The predicted octanol–water partition coefficient (Wildman–Crippen LogP) is 7.06. The molecule has 0 aliphatic heterocycles. The maximum Gasteiger partial charge on any atom is 0.189 e. The molecule has 4 rings (SSSR count). The third kappa shape index (κ3) is 4.22. The third-order valence-electron chi connectivity index (χ3n) is 4.72. The molecule has 0 spiro atoms. The molecule has 0 N–H and O–H groups in total. The second kappa shape index (κ2) is 9.11. The fourth-order valence-electron chi connectivity index (χ4n) is 3.21. The zero-order chi connectivity index (χ0) is 20.9. The van der Waals surface area contributed by atoms with Crippen molar-refractivity contribution in [2.24, 2.45) is 0 Å². The molecule has 5 heteroatoms. The van der Waals surface area contributed by atoms with Crippen molar-refractivity contribution in [1.82, 2.24) is 0 Å². The number of carbonyl (C=O) groups excluding carboxylic acids is 1. The molecule has 0 amide bonds. The van der Waals surface area contributed by atoms with Gasteiger partial charge < -0.3 is 9.47 Å². The third-order valence-corrected chi connectivity index (χ3v) is 6.56. The standard InChI is InChI=1S/C25H20O3S2/c1-27-22-12-9-18(24-5-3-13-29-24)15-17(22)8-11-21(26)20-10-7-19(16-23(20)28-2)25-6-4-14-30-25/h3-16H,1-2H3. The van der Waals surface area contributed by atoms with E-state index in [-0.39, 0.29) is 5.78 Å². The zero-order valence-electron chi connectivity index (χ0n) is 16.6. The quantitative estimate of drug-likeness (QED) is 0.232. The van der Waals surface area contributed by atoms with E-state index in [2.05, 4.69) is 6.07 Å². The van der Waals surface area contributed by atoms with Gasteiger partial charge in [-0.3, -0.25) is 4.79 Å². The van der Waals surface area contributed by atoms with Crippen molar-refractivity contribution in [2.75, 3.05) is 14.2 Å². The number of allylic oxidation sites excluding steroid dienone is 1. The molecule has 150 valence electrons. The molecule has 0 bridgehead atoms. The van der Waals surface area contributed by atoms with Gasteiger partial charge in [-0.1, -0.05) is 18.2 Å². The number of hydrogen-bond donors (Lipinski definition) is 0. The van der Waals surface area contributed by atoms with Gasteiger partial charge in [0.25, 0.3) is 0 Å². The molecule has 2 aromatic carbocycles. The first-order valence-corrected chi connectivity index (χ1v) is 11.1. The van der Waals surface area contributed by atoms with Crippen LogP contribution in [0.25, 0.3) is 27.0 Å². The van der Waals surface area contributed by atoms with Crippen molar-refractivity contribution in [3.8, 4) is 32.4 Å². The fourth-order valence-corrected chi connectivity index (χ4v) is 4.65. The van der Waals surface area contributed by atoms with Crippen molar-refractivity contribution >= 4 is 34.5 Å². The summed E-state index contributed by atoms with van der Waals surface area (Å²) in [6, 6.07) is 19.8. The molecular formula is C25H20O3S2. The molecule has 4 aromatic rings. The van der Waals surface area contributed by atoms with Gasteiger partial charge in [0.2, 0.25) is 0 Å². The van der Waals surface area contributed by atoms with Crippen LogP contribution in [-0.2, 0) is 0 Å². The smallest absolute Gasteiger partial charge is 0.189 e. The molecule has 2 aromatic heterocycles. The molecule has 0 saturated carbocycles. The highest BCUT2D eigenvalue weighted by Crippen LogP contribution is 2.32. The maximum atomic E-state index is 12.9. The van der Waals surface area contributed by atoms with Crippen LogP contribution in [0.4, 0.5) is 0 Å². The van der Waals surface area contributed by atoms with Crippen LogP contribution >= 0.6 is 22.7 Å². The molecule has 0 saturated heterocycles. The van der Waals surface area contributed by atoms with Crippen LogP contribution in [0, 0.1) is 0 Å². The van der Waals surface area contributed by atoms with E-state index >= 15 is 0 Å². The van der Waals surface area contributed by atoms with Gasteiger partial charge in [-0.05, 0) is 76.5 Å². The minimum absolute atomic E-state index is 0.117. The number of methoxy groups -OCH3 is 2. The van der Waals surface area contributed by atoms with E-state index in [0.717, 1.165) is 27.3 Å². The van der Waals surface area contributed by atoms with Crippen molar-refractivity contribution in [3.63, 3.8) is 0 Å². The molecule has 3 nitrogen and oxygen atoms in total. The number of ether oxygens (including phenoxy) is 2. The summed E-state index contributed by atoms with van der Waals surface area (Å²) in [5.74, 6) is 1.17. The van der Waals surface area contributed by atoms with Gasteiger partial charge in [0.15, 0.2) is 5.78 Å². The highest BCUT2D eigenvalue weighted by atomic mass is 32.1. The lowest BCUT2D eigenvalue weighted by atomic mass is 10.0. The Hall–Kier alpha value is -3.15. The Labute approximate surface area is 183 Å². The Kier molecular flexibility index (Phi) is 6.12. The molecule has 2 heterocycles. The normalized spacial score (nSPS) is 11.0. The van der Waals surface area contributed by atoms with Crippen molar-refractivity contribution < 1.29 is 14.3 Å². The monoisotopic (exact) mass is 432 g/mol. The molecule has 0 unspecified atom stereocenters.